The van der Waals surface area contributed by atoms with Crippen LogP contribution in [-0.4, -0.2) is 28.1 Å². The van der Waals surface area contributed by atoms with Gasteiger partial charge in [-0.3, -0.25) is 10.1 Å². The predicted molar refractivity (Wildman–Crippen MR) is 86.4 cm³/mol. The van der Waals surface area contributed by atoms with E-state index >= 15 is 0 Å². The molecule has 0 aliphatic heterocycles. The number of nitrogens with one attached hydrogen (secondary N) is 2. The van der Waals surface area contributed by atoms with Gasteiger partial charge in [-0.05, 0) is 31.1 Å². The number of amides is 2. The van der Waals surface area contributed by atoms with Crippen molar-refractivity contribution in [2.45, 2.75) is 57.9 Å². The molecule has 0 aromatic carbocycles. The molecule has 0 saturated heterocycles. The van der Waals surface area contributed by atoms with Gasteiger partial charge in [-0.15, -0.1) is 11.3 Å². The highest BCUT2D eigenvalue weighted by atomic mass is 32.1. The van der Waals surface area contributed by atoms with Crippen molar-refractivity contribution in [2.75, 3.05) is 5.32 Å². The number of hydrogen-bond donors (Lipinski definition) is 3. The van der Waals surface area contributed by atoms with Crippen molar-refractivity contribution in [1.29, 1.82) is 0 Å². The first-order valence-electron chi connectivity index (χ1n) is 7.52. The normalized spacial score (nSPS) is 22.1. The summed E-state index contributed by atoms with van der Waals surface area (Å²) in [4.78, 5) is 28.2. The van der Waals surface area contributed by atoms with Crippen LogP contribution < -0.4 is 10.6 Å². The molecular formula is C15H23N3O3S. The Kier molecular flexibility index (Phi) is 5.05. The Balaban J connectivity index is 1.81. The molecule has 1 heterocycles. The molecule has 0 unspecified atom stereocenters. The van der Waals surface area contributed by atoms with Gasteiger partial charge >= 0.3 is 12.0 Å². The topological polar surface area (TPSA) is 91.3 Å². The van der Waals surface area contributed by atoms with Gasteiger partial charge in [0.05, 0.1) is 5.92 Å². The molecule has 0 atom stereocenters. The molecule has 0 bridgehead atoms. The largest absolute Gasteiger partial charge is 0.481 e. The molecule has 1 aliphatic carbocycles. The first-order chi connectivity index (χ1) is 10.3. The van der Waals surface area contributed by atoms with Gasteiger partial charge in [0.15, 0.2) is 5.13 Å². The quantitative estimate of drug-likeness (QED) is 0.796. The minimum atomic E-state index is -0.736. The highest BCUT2D eigenvalue weighted by Crippen LogP contribution is 2.30. The molecule has 3 N–H and O–H groups in total. The van der Waals surface area contributed by atoms with Crippen molar-refractivity contribution < 1.29 is 14.7 Å². The van der Waals surface area contributed by atoms with Gasteiger partial charge in [0.2, 0.25) is 0 Å². The molecule has 6 nitrogen and oxygen atoms in total. The Bertz CT molecular complexity index is 542. The summed E-state index contributed by atoms with van der Waals surface area (Å²) in [5.74, 6) is -1.00. The Morgan fingerprint density at radius 2 is 1.91 bits per heavy atom. The number of carbonyl (C=O) groups is 2. The highest BCUT2D eigenvalue weighted by Gasteiger charge is 2.27. The lowest BCUT2D eigenvalue weighted by Gasteiger charge is -2.26. The molecule has 2 amide bonds. The summed E-state index contributed by atoms with van der Waals surface area (Å²) in [5, 5.41) is 15.2. The highest BCUT2D eigenvalue weighted by molar-refractivity contribution is 7.15. The van der Waals surface area contributed by atoms with Gasteiger partial charge in [0.1, 0.15) is 0 Å². The summed E-state index contributed by atoms with van der Waals surface area (Å²) in [7, 11) is 0. The third kappa shape index (κ3) is 4.43. The number of carboxylic acid groups (broad SMARTS) is 1. The van der Waals surface area contributed by atoms with Gasteiger partial charge in [-0.1, -0.05) is 20.8 Å². The zero-order chi connectivity index (χ0) is 16.3. The molecule has 1 aromatic heterocycles. The predicted octanol–water partition coefficient (Wildman–Crippen LogP) is 3.21. The summed E-state index contributed by atoms with van der Waals surface area (Å²) < 4.78 is 0. The van der Waals surface area contributed by atoms with E-state index in [1.54, 1.807) is 6.20 Å². The number of aromatic nitrogens is 1. The average molecular weight is 325 g/mol. The lowest BCUT2D eigenvalue weighted by Crippen LogP contribution is -2.40. The third-order valence-electron chi connectivity index (χ3n) is 3.88. The summed E-state index contributed by atoms with van der Waals surface area (Å²) in [5.41, 5.74) is 0.0171. The number of hydrogen-bond acceptors (Lipinski definition) is 4. The van der Waals surface area contributed by atoms with E-state index in [2.05, 4.69) is 36.4 Å². The monoisotopic (exact) mass is 325 g/mol. The summed E-state index contributed by atoms with van der Waals surface area (Å²) >= 11 is 1.47. The standard InChI is InChI=1S/C15H23N3O3S/c1-15(2,3)11-8-16-14(22-11)18-13(21)17-10-6-4-9(5-7-10)12(19)20/h8-10H,4-7H2,1-3H3,(H,19,20)(H2,16,17,18,21). The van der Waals surface area contributed by atoms with E-state index in [0.29, 0.717) is 30.8 Å². The van der Waals surface area contributed by atoms with Gasteiger partial charge < -0.3 is 10.4 Å². The number of carbonyl (C=O) groups excluding carboxylic acids is 1. The van der Waals surface area contributed by atoms with E-state index in [4.69, 9.17) is 5.11 Å². The van der Waals surface area contributed by atoms with Crippen LogP contribution >= 0.6 is 11.3 Å². The van der Waals surface area contributed by atoms with Crippen molar-refractivity contribution in [3.05, 3.63) is 11.1 Å². The minimum absolute atomic E-state index is 0.0171. The Morgan fingerprint density at radius 3 is 2.41 bits per heavy atom. The van der Waals surface area contributed by atoms with Crippen molar-refractivity contribution in [1.82, 2.24) is 10.3 Å². The molecule has 0 spiro atoms. The Hall–Kier alpha value is -1.63. The molecule has 1 aromatic rings. The molecule has 22 heavy (non-hydrogen) atoms. The van der Waals surface area contributed by atoms with E-state index in [0.717, 1.165) is 4.88 Å². The zero-order valence-corrected chi connectivity index (χ0v) is 14.0. The van der Waals surface area contributed by atoms with Crippen molar-refractivity contribution >= 4 is 28.5 Å². The lowest BCUT2D eigenvalue weighted by molar-refractivity contribution is -0.142. The summed E-state index contributed by atoms with van der Waals surface area (Å²) in [6.45, 7) is 6.31. The number of thiazole rings is 1. The van der Waals surface area contributed by atoms with E-state index in [1.807, 2.05) is 0 Å². The van der Waals surface area contributed by atoms with Crippen LogP contribution in [0.25, 0.3) is 0 Å². The van der Waals surface area contributed by atoms with E-state index in [9.17, 15) is 9.59 Å². The molecule has 7 heteroatoms. The maximum atomic E-state index is 12.0. The SMILES string of the molecule is CC(C)(C)c1cnc(NC(=O)NC2CCC(C(=O)O)CC2)s1. The maximum Gasteiger partial charge on any atom is 0.321 e. The average Bonchev–Trinajstić information content (AvgIpc) is 2.87. The number of nitrogens with zero attached hydrogens (tertiary/aromatic N) is 1. The fourth-order valence-electron chi connectivity index (χ4n) is 2.48. The number of anilines is 1. The van der Waals surface area contributed by atoms with Crippen molar-refractivity contribution in [2.24, 2.45) is 5.92 Å². The maximum absolute atomic E-state index is 12.0. The van der Waals surface area contributed by atoms with Crippen LogP contribution in [-0.2, 0) is 10.2 Å². The molecule has 1 saturated carbocycles. The second-order valence-electron chi connectivity index (χ2n) is 6.76. The van der Waals surface area contributed by atoms with Gasteiger partial charge in [-0.2, -0.15) is 0 Å². The number of urea groups is 1. The van der Waals surface area contributed by atoms with E-state index in [-0.39, 0.29) is 23.4 Å². The molecule has 1 fully saturated rings. The summed E-state index contributed by atoms with van der Waals surface area (Å²) in [6.07, 6.45) is 4.43. The first kappa shape index (κ1) is 16.7. The van der Waals surface area contributed by atoms with E-state index in [1.165, 1.54) is 11.3 Å². The van der Waals surface area contributed by atoms with Gasteiger partial charge in [0.25, 0.3) is 0 Å². The smallest absolute Gasteiger partial charge is 0.321 e. The van der Waals surface area contributed by atoms with Crippen LogP contribution in [0.15, 0.2) is 6.20 Å². The summed E-state index contributed by atoms with van der Waals surface area (Å²) in [6, 6.07) is -0.230. The Labute approximate surface area is 134 Å². The zero-order valence-electron chi connectivity index (χ0n) is 13.2. The van der Waals surface area contributed by atoms with Crippen LogP contribution in [0, 0.1) is 5.92 Å². The van der Waals surface area contributed by atoms with E-state index < -0.39 is 5.97 Å². The molecule has 0 radical (unpaired) electrons. The van der Waals surface area contributed by atoms with Crippen molar-refractivity contribution in [3.8, 4) is 0 Å². The van der Waals surface area contributed by atoms with Gasteiger partial charge in [-0.25, -0.2) is 9.78 Å². The molecular weight excluding hydrogens is 302 g/mol. The lowest BCUT2D eigenvalue weighted by atomic mass is 9.86. The van der Waals surface area contributed by atoms with Crippen LogP contribution in [0.2, 0.25) is 0 Å². The van der Waals surface area contributed by atoms with Gasteiger partial charge in [0, 0.05) is 17.1 Å². The molecule has 1 aliphatic rings. The Morgan fingerprint density at radius 1 is 1.27 bits per heavy atom. The number of rotatable bonds is 3. The van der Waals surface area contributed by atoms with Crippen LogP contribution in [0.1, 0.15) is 51.3 Å². The molecule has 2 rings (SSSR count). The van der Waals surface area contributed by atoms with Crippen LogP contribution in [0.3, 0.4) is 0 Å². The van der Waals surface area contributed by atoms with Crippen LogP contribution in [0.5, 0.6) is 0 Å². The van der Waals surface area contributed by atoms with Crippen molar-refractivity contribution in [3.63, 3.8) is 0 Å². The molecule has 122 valence electrons. The van der Waals surface area contributed by atoms with Crippen LogP contribution in [0.4, 0.5) is 9.93 Å². The number of aliphatic carboxylic acids is 1. The fourth-order valence-corrected chi connectivity index (χ4v) is 3.35. The second kappa shape index (κ2) is 6.64. The second-order valence-corrected chi connectivity index (χ2v) is 7.80. The minimum Gasteiger partial charge on any atom is -0.481 e. The number of carboxylic acids is 1. The first-order valence-corrected chi connectivity index (χ1v) is 8.34. The fraction of sp³-hybridized carbons (Fsp3) is 0.667. The third-order valence-corrected chi connectivity index (χ3v) is 5.22.